The molecule has 2 atom stereocenters. The van der Waals surface area contributed by atoms with Gasteiger partial charge in [0, 0.05) is 5.69 Å². The zero-order chi connectivity index (χ0) is 11.4. The van der Waals surface area contributed by atoms with Crippen LogP contribution in [0, 0.1) is 22.2 Å². The highest BCUT2D eigenvalue weighted by Crippen LogP contribution is 2.31. The summed E-state index contributed by atoms with van der Waals surface area (Å²) in [6, 6.07) is 7.01. The third-order valence-corrected chi connectivity index (χ3v) is 2.62. The van der Waals surface area contributed by atoms with Crippen molar-refractivity contribution >= 4 is 11.4 Å². The lowest BCUT2D eigenvalue weighted by atomic mass is 9.88. The maximum absolute atomic E-state index is 10.4. The van der Waals surface area contributed by atoms with E-state index in [2.05, 4.69) is 11.2 Å². The monoisotopic (exact) mass is 203 g/mol. The normalized spacial score (nSPS) is 13.9. The summed E-state index contributed by atoms with van der Waals surface area (Å²) in [4.78, 5) is 10.4. The molecule has 1 rings (SSSR count). The molecule has 0 amide bonds. The molecule has 0 bridgehead atoms. The molecule has 4 nitrogen and oxygen atoms in total. The SMILES string of the molecule is CC(C#N)C(C)c1cc(N=O)ccc1N. The number of nitrogens with zero attached hydrogens (tertiary/aromatic N) is 2. The minimum Gasteiger partial charge on any atom is -0.398 e. The number of nitrogens with two attached hydrogens (primary N) is 1. The third-order valence-electron chi connectivity index (χ3n) is 2.62. The molecule has 0 heterocycles. The van der Waals surface area contributed by atoms with Crippen molar-refractivity contribution in [3.05, 3.63) is 28.7 Å². The van der Waals surface area contributed by atoms with Crippen LogP contribution in [0.25, 0.3) is 0 Å². The van der Waals surface area contributed by atoms with Crippen molar-refractivity contribution in [2.75, 3.05) is 5.73 Å². The van der Waals surface area contributed by atoms with Gasteiger partial charge in [0.25, 0.3) is 0 Å². The molecule has 0 radical (unpaired) electrons. The van der Waals surface area contributed by atoms with Gasteiger partial charge < -0.3 is 5.73 Å². The molecule has 0 fully saturated rings. The summed E-state index contributed by atoms with van der Waals surface area (Å²) in [5, 5.41) is 11.7. The van der Waals surface area contributed by atoms with E-state index in [4.69, 9.17) is 11.0 Å². The summed E-state index contributed by atoms with van der Waals surface area (Å²) >= 11 is 0. The maximum atomic E-state index is 10.4. The van der Waals surface area contributed by atoms with Crippen LogP contribution in [0.15, 0.2) is 23.4 Å². The molecule has 2 unspecified atom stereocenters. The van der Waals surface area contributed by atoms with Gasteiger partial charge in [-0.3, -0.25) is 0 Å². The Balaban J connectivity index is 3.13. The van der Waals surface area contributed by atoms with Gasteiger partial charge in [-0.2, -0.15) is 5.26 Å². The highest BCUT2D eigenvalue weighted by atomic mass is 16.3. The summed E-state index contributed by atoms with van der Waals surface area (Å²) in [5.74, 6) is -0.147. The predicted octanol–water partition coefficient (Wildman–Crippen LogP) is 2.93. The topological polar surface area (TPSA) is 79.2 Å². The van der Waals surface area contributed by atoms with Gasteiger partial charge >= 0.3 is 0 Å². The molecule has 0 aliphatic heterocycles. The second-order valence-electron chi connectivity index (χ2n) is 3.61. The van der Waals surface area contributed by atoms with Crippen molar-refractivity contribution in [3.8, 4) is 6.07 Å². The number of nitriles is 1. The number of hydrogen-bond donors (Lipinski definition) is 1. The Hall–Kier alpha value is -1.89. The summed E-state index contributed by atoms with van der Waals surface area (Å²) in [5.41, 5.74) is 7.53. The second kappa shape index (κ2) is 4.56. The second-order valence-corrected chi connectivity index (χ2v) is 3.61. The van der Waals surface area contributed by atoms with Crippen molar-refractivity contribution in [2.24, 2.45) is 11.1 Å². The number of hydrogen-bond acceptors (Lipinski definition) is 4. The van der Waals surface area contributed by atoms with E-state index in [1.165, 1.54) is 0 Å². The predicted molar refractivity (Wildman–Crippen MR) is 59.5 cm³/mol. The van der Waals surface area contributed by atoms with Crippen LogP contribution in [-0.4, -0.2) is 0 Å². The summed E-state index contributed by atoms with van der Waals surface area (Å²) in [7, 11) is 0. The van der Waals surface area contributed by atoms with Gasteiger partial charge in [0.05, 0.1) is 12.0 Å². The first-order chi connectivity index (χ1) is 7.10. The van der Waals surface area contributed by atoms with Crippen molar-refractivity contribution in [2.45, 2.75) is 19.8 Å². The van der Waals surface area contributed by atoms with Crippen molar-refractivity contribution in [1.29, 1.82) is 5.26 Å². The van der Waals surface area contributed by atoms with Crippen LogP contribution in [0.3, 0.4) is 0 Å². The molecule has 0 aromatic heterocycles. The summed E-state index contributed by atoms with van der Waals surface area (Å²) in [6.07, 6.45) is 0. The number of nitroso groups, excluding NO2 is 1. The molecule has 0 saturated carbocycles. The summed E-state index contributed by atoms with van der Waals surface area (Å²) < 4.78 is 0. The molecular weight excluding hydrogens is 190 g/mol. The molecule has 15 heavy (non-hydrogen) atoms. The van der Waals surface area contributed by atoms with Gasteiger partial charge in [-0.25, -0.2) is 0 Å². The Morgan fingerprint density at radius 1 is 1.47 bits per heavy atom. The van der Waals surface area contributed by atoms with Crippen LogP contribution >= 0.6 is 0 Å². The Morgan fingerprint density at radius 2 is 2.13 bits per heavy atom. The lowest BCUT2D eigenvalue weighted by Gasteiger charge is -2.16. The minimum absolute atomic E-state index is 0.00306. The first kappa shape index (κ1) is 11.2. The van der Waals surface area contributed by atoms with E-state index in [0.29, 0.717) is 11.4 Å². The minimum atomic E-state index is -0.144. The zero-order valence-electron chi connectivity index (χ0n) is 8.77. The fraction of sp³-hybridized carbons (Fsp3) is 0.364. The van der Waals surface area contributed by atoms with Gasteiger partial charge in [0.15, 0.2) is 0 Å². The van der Waals surface area contributed by atoms with Crippen LogP contribution in [0.2, 0.25) is 0 Å². The van der Waals surface area contributed by atoms with Gasteiger partial charge in [-0.15, -0.1) is 4.91 Å². The van der Waals surface area contributed by atoms with Gasteiger partial charge in [-0.05, 0) is 41.8 Å². The molecule has 4 heteroatoms. The Labute approximate surface area is 88.7 Å². The molecular formula is C11H13N3O. The van der Waals surface area contributed by atoms with E-state index >= 15 is 0 Å². The molecule has 0 aliphatic rings. The first-order valence-corrected chi connectivity index (χ1v) is 4.72. The fourth-order valence-corrected chi connectivity index (χ4v) is 1.39. The largest absolute Gasteiger partial charge is 0.398 e. The fourth-order valence-electron chi connectivity index (χ4n) is 1.39. The van der Waals surface area contributed by atoms with Crippen LogP contribution in [0.1, 0.15) is 25.3 Å². The highest BCUT2D eigenvalue weighted by Gasteiger charge is 2.16. The van der Waals surface area contributed by atoms with Gasteiger partial charge in [0.1, 0.15) is 5.69 Å². The van der Waals surface area contributed by atoms with Gasteiger partial charge in [-0.1, -0.05) is 6.92 Å². The lowest BCUT2D eigenvalue weighted by molar-refractivity contribution is 0.605. The zero-order valence-corrected chi connectivity index (χ0v) is 8.77. The number of benzene rings is 1. The van der Waals surface area contributed by atoms with Gasteiger partial charge in [0.2, 0.25) is 0 Å². The molecule has 0 saturated heterocycles. The molecule has 2 N–H and O–H groups in total. The van der Waals surface area contributed by atoms with E-state index in [0.717, 1.165) is 5.56 Å². The van der Waals surface area contributed by atoms with Crippen molar-refractivity contribution in [3.63, 3.8) is 0 Å². The van der Waals surface area contributed by atoms with E-state index in [-0.39, 0.29) is 11.8 Å². The average Bonchev–Trinajstić information content (AvgIpc) is 2.27. The first-order valence-electron chi connectivity index (χ1n) is 4.72. The highest BCUT2D eigenvalue weighted by molar-refractivity contribution is 5.56. The van der Waals surface area contributed by atoms with E-state index < -0.39 is 0 Å². The maximum Gasteiger partial charge on any atom is 0.108 e. The molecule has 0 spiro atoms. The van der Waals surface area contributed by atoms with E-state index in [1.807, 2.05) is 13.8 Å². The number of anilines is 1. The number of nitrogen functional groups attached to an aromatic ring is 1. The molecule has 78 valence electrons. The van der Waals surface area contributed by atoms with Crippen LogP contribution in [0.4, 0.5) is 11.4 Å². The molecule has 0 aliphatic carbocycles. The third kappa shape index (κ3) is 2.32. The van der Waals surface area contributed by atoms with Crippen LogP contribution < -0.4 is 5.73 Å². The van der Waals surface area contributed by atoms with E-state index in [9.17, 15) is 4.91 Å². The molecule has 1 aromatic rings. The summed E-state index contributed by atoms with van der Waals surface area (Å²) in [6.45, 7) is 3.74. The number of rotatable bonds is 3. The quantitative estimate of drug-likeness (QED) is 0.605. The smallest absolute Gasteiger partial charge is 0.108 e. The van der Waals surface area contributed by atoms with Crippen molar-refractivity contribution < 1.29 is 0 Å². The van der Waals surface area contributed by atoms with Crippen LogP contribution in [0.5, 0.6) is 0 Å². The lowest BCUT2D eigenvalue weighted by Crippen LogP contribution is -2.06. The average molecular weight is 203 g/mol. The Morgan fingerprint density at radius 3 is 2.67 bits per heavy atom. The molecule has 1 aromatic carbocycles. The van der Waals surface area contributed by atoms with Crippen molar-refractivity contribution in [1.82, 2.24) is 0 Å². The van der Waals surface area contributed by atoms with Crippen LogP contribution in [-0.2, 0) is 0 Å². The Kier molecular flexibility index (Phi) is 3.40. The standard InChI is InChI=1S/C11H13N3O/c1-7(6-12)8(2)10-5-9(14-15)3-4-11(10)13/h3-5,7-8H,13H2,1-2H3. The Bertz CT molecular complexity index is 409. The van der Waals surface area contributed by atoms with E-state index in [1.54, 1.807) is 18.2 Å².